The second-order valence-electron chi connectivity index (χ2n) is 9.55. The number of hydrogen-bond acceptors (Lipinski definition) is 2. The molecule has 2 aromatic carbocycles. The number of benzene rings is 2. The van der Waals surface area contributed by atoms with Crippen LogP contribution in [0.3, 0.4) is 0 Å². The topological polar surface area (TPSA) is 57.6 Å². The van der Waals surface area contributed by atoms with Gasteiger partial charge in [0.25, 0.3) is 0 Å². The molecule has 1 N–H and O–H groups in total. The van der Waals surface area contributed by atoms with E-state index in [1.807, 2.05) is 61.3 Å². The number of nitrogens with one attached hydrogen (secondary N) is 1. The molecule has 8 heteroatoms. The van der Waals surface area contributed by atoms with Gasteiger partial charge in [0.05, 0.1) is 6.54 Å². The standard InChI is InChI=1S/C28H34Cl2N4O2/c1-20(2)16-33(18-25-9-7-15-32(25)17-22-8-5-6-10-26(22)30)27(35)19-34(21(3)4)28(36)31-24-13-11-23(29)12-14-24/h5-15,20-21H,16-19H2,1-4H3,(H,31,36). The lowest BCUT2D eigenvalue weighted by atomic mass is 10.2. The van der Waals surface area contributed by atoms with Gasteiger partial charge in [-0.2, -0.15) is 0 Å². The summed E-state index contributed by atoms with van der Waals surface area (Å²) >= 11 is 12.3. The minimum atomic E-state index is -0.327. The van der Waals surface area contributed by atoms with Crippen molar-refractivity contribution in [3.8, 4) is 0 Å². The Morgan fingerprint density at radius 2 is 1.64 bits per heavy atom. The second kappa shape index (κ2) is 12.8. The van der Waals surface area contributed by atoms with Gasteiger partial charge in [0.15, 0.2) is 0 Å². The normalized spacial score (nSPS) is 11.1. The molecule has 0 atom stereocenters. The molecule has 0 bridgehead atoms. The van der Waals surface area contributed by atoms with Gasteiger partial charge in [-0.1, -0.05) is 55.2 Å². The molecule has 1 heterocycles. The van der Waals surface area contributed by atoms with Crippen LogP contribution >= 0.6 is 23.2 Å². The highest BCUT2D eigenvalue weighted by atomic mass is 35.5. The Morgan fingerprint density at radius 1 is 0.944 bits per heavy atom. The Bertz CT molecular complexity index is 1160. The van der Waals surface area contributed by atoms with Gasteiger partial charge in [0, 0.05) is 46.8 Å². The Balaban J connectivity index is 1.74. The molecule has 0 aliphatic rings. The summed E-state index contributed by atoms with van der Waals surface area (Å²) in [5.74, 6) is 0.172. The molecule has 0 fully saturated rings. The van der Waals surface area contributed by atoms with Crippen molar-refractivity contribution in [1.29, 1.82) is 0 Å². The predicted molar refractivity (Wildman–Crippen MR) is 148 cm³/mol. The third-order valence-corrected chi connectivity index (χ3v) is 6.42. The quantitative estimate of drug-likeness (QED) is 0.315. The lowest BCUT2D eigenvalue weighted by Gasteiger charge is -2.31. The highest BCUT2D eigenvalue weighted by Crippen LogP contribution is 2.19. The van der Waals surface area contributed by atoms with Gasteiger partial charge in [-0.3, -0.25) is 4.79 Å². The van der Waals surface area contributed by atoms with Gasteiger partial charge < -0.3 is 19.7 Å². The Hall–Kier alpha value is -2.96. The fraction of sp³-hybridized carbons (Fsp3) is 0.357. The summed E-state index contributed by atoms with van der Waals surface area (Å²) in [6, 6.07) is 18.2. The first kappa shape index (κ1) is 27.6. The van der Waals surface area contributed by atoms with Crippen LogP contribution in [-0.2, 0) is 17.9 Å². The Labute approximate surface area is 223 Å². The van der Waals surface area contributed by atoms with Crippen LogP contribution in [0.4, 0.5) is 10.5 Å². The second-order valence-corrected chi connectivity index (χ2v) is 10.4. The van der Waals surface area contributed by atoms with E-state index in [0.717, 1.165) is 11.3 Å². The number of carbonyl (C=O) groups excluding carboxylic acids is 2. The maximum Gasteiger partial charge on any atom is 0.322 e. The number of carbonyl (C=O) groups is 2. The summed E-state index contributed by atoms with van der Waals surface area (Å²) in [4.78, 5) is 29.9. The number of aromatic nitrogens is 1. The van der Waals surface area contributed by atoms with Gasteiger partial charge in [-0.15, -0.1) is 0 Å². The molecule has 1 aromatic heterocycles. The zero-order chi connectivity index (χ0) is 26.2. The number of halogens is 2. The number of rotatable bonds is 10. The summed E-state index contributed by atoms with van der Waals surface area (Å²) in [7, 11) is 0. The summed E-state index contributed by atoms with van der Waals surface area (Å²) in [5.41, 5.74) is 2.65. The molecule has 0 radical (unpaired) electrons. The first-order chi connectivity index (χ1) is 17.1. The van der Waals surface area contributed by atoms with Crippen molar-refractivity contribution in [1.82, 2.24) is 14.4 Å². The molecule has 3 amide bonds. The first-order valence-electron chi connectivity index (χ1n) is 12.1. The first-order valence-corrected chi connectivity index (χ1v) is 12.9. The van der Waals surface area contributed by atoms with Crippen LogP contribution in [0.25, 0.3) is 0 Å². The van der Waals surface area contributed by atoms with E-state index in [0.29, 0.717) is 35.4 Å². The van der Waals surface area contributed by atoms with E-state index in [1.54, 1.807) is 29.2 Å². The molecule has 0 aliphatic heterocycles. The maximum absolute atomic E-state index is 13.5. The maximum atomic E-state index is 13.5. The van der Waals surface area contributed by atoms with Crippen LogP contribution in [0.5, 0.6) is 0 Å². The van der Waals surface area contributed by atoms with E-state index >= 15 is 0 Å². The van der Waals surface area contributed by atoms with Crippen LogP contribution in [0, 0.1) is 5.92 Å². The summed E-state index contributed by atoms with van der Waals surface area (Å²) in [6.45, 7) is 9.59. The van der Waals surface area contributed by atoms with Crippen molar-refractivity contribution in [2.45, 2.75) is 46.8 Å². The molecule has 0 saturated heterocycles. The summed E-state index contributed by atoms with van der Waals surface area (Å²) < 4.78 is 2.11. The van der Waals surface area contributed by atoms with Gasteiger partial charge in [-0.25, -0.2) is 4.79 Å². The lowest BCUT2D eigenvalue weighted by Crippen LogP contribution is -2.48. The third-order valence-electron chi connectivity index (χ3n) is 5.80. The number of urea groups is 1. The average Bonchev–Trinajstić information content (AvgIpc) is 3.25. The third kappa shape index (κ3) is 7.77. The smallest absolute Gasteiger partial charge is 0.322 e. The van der Waals surface area contributed by atoms with Gasteiger partial charge in [0.2, 0.25) is 5.91 Å². The predicted octanol–water partition coefficient (Wildman–Crippen LogP) is 6.77. The molecule has 3 rings (SSSR count). The molecule has 0 aliphatic carbocycles. The molecule has 0 spiro atoms. The van der Waals surface area contributed by atoms with Gasteiger partial charge >= 0.3 is 6.03 Å². The number of nitrogens with zero attached hydrogens (tertiary/aromatic N) is 3. The Morgan fingerprint density at radius 3 is 2.28 bits per heavy atom. The van der Waals surface area contributed by atoms with Crippen LogP contribution in [0.15, 0.2) is 66.9 Å². The zero-order valence-electron chi connectivity index (χ0n) is 21.2. The van der Waals surface area contributed by atoms with Gasteiger partial charge in [-0.05, 0) is 67.8 Å². The fourth-order valence-electron chi connectivity index (χ4n) is 3.91. The molecule has 36 heavy (non-hydrogen) atoms. The number of amides is 3. The van der Waals surface area contributed by atoms with E-state index in [9.17, 15) is 9.59 Å². The Kier molecular flexibility index (Phi) is 9.85. The highest BCUT2D eigenvalue weighted by Gasteiger charge is 2.25. The van der Waals surface area contributed by atoms with Crippen molar-refractivity contribution < 1.29 is 9.59 Å². The molecule has 3 aromatic rings. The van der Waals surface area contributed by atoms with Crippen molar-refractivity contribution in [3.05, 3.63) is 88.2 Å². The summed E-state index contributed by atoms with van der Waals surface area (Å²) in [5, 5.41) is 4.17. The molecule has 192 valence electrons. The number of hydrogen-bond donors (Lipinski definition) is 1. The van der Waals surface area contributed by atoms with Crippen LogP contribution in [-0.4, -0.2) is 45.4 Å². The SMILES string of the molecule is CC(C)CN(Cc1cccn1Cc1ccccc1Cl)C(=O)CN(C(=O)Nc1ccc(Cl)cc1)C(C)C. The molecular formula is C28H34Cl2N4O2. The van der Waals surface area contributed by atoms with E-state index in [2.05, 4.69) is 23.7 Å². The molecular weight excluding hydrogens is 495 g/mol. The monoisotopic (exact) mass is 528 g/mol. The van der Waals surface area contributed by atoms with Crippen molar-refractivity contribution in [2.75, 3.05) is 18.4 Å². The molecule has 0 unspecified atom stereocenters. The fourth-order valence-corrected chi connectivity index (χ4v) is 4.23. The van der Waals surface area contributed by atoms with Crippen molar-refractivity contribution >= 4 is 40.8 Å². The summed E-state index contributed by atoms with van der Waals surface area (Å²) in [6.07, 6.45) is 2.00. The largest absolute Gasteiger partial charge is 0.345 e. The van der Waals surface area contributed by atoms with E-state index in [1.165, 1.54) is 0 Å². The zero-order valence-corrected chi connectivity index (χ0v) is 22.8. The molecule has 0 saturated carbocycles. The lowest BCUT2D eigenvalue weighted by molar-refractivity contribution is -0.133. The van der Waals surface area contributed by atoms with Gasteiger partial charge in [0.1, 0.15) is 6.54 Å². The van der Waals surface area contributed by atoms with E-state index in [4.69, 9.17) is 23.2 Å². The van der Waals surface area contributed by atoms with E-state index in [-0.39, 0.29) is 30.4 Å². The molecule has 6 nitrogen and oxygen atoms in total. The average molecular weight is 530 g/mol. The van der Waals surface area contributed by atoms with Crippen LogP contribution in [0.2, 0.25) is 10.0 Å². The minimum Gasteiger partial charge on any atom is -0.345 e. The number of anilines is 1. The minimum absolute atomic E-state index is 0.0188. The van der Waals surface area contributed by atoms with Crippen LogP contribution in [0.1, 0.15) is 39.0 Å². The van der Waals surface area contributed by atoms with E-state index < -0.39 is 0 Å². The van der Waals surface area contributed by atoms with Crippen molar-refractivity contribution in [2.24, 2.45) is 5.92 Å². The highest BCUT2D eigenvalue weighted by molar-refractivity contribution is 6.31. The van der Waals surface area contributed by atoms with Crippen molar-refractivity contribution in [3.63, 3.8) is 0 Å². The van der Waals surface area contributed by atoms with Crippen LogP contribution < -0.4 is 5.32 Å².